The molecule has 3 rings (SSSR count). The Morgan fingerprint density at radius 1 is 1.38 bits per heavy atom. The molecule has 0 saturated heterocycles. The standard InChI is InChI=1S/C10H8N2S/c1-7-6-12-9-5-3-2-4-8(9)11-10(12)13-7/h2-5H,1,6H2. The number of aromatic nitrogens is 2. The van der Waals surface area contributed by atoms with Gasteiger partial charge in [-0.25, -0.2) is 4.98 Å². The van der Waals surface area contributed by atoms with E-state index < -0.39 is 0 Å². The van der Waals surface area contributed by atoms with Gasteiger partial charge in [0, 0.05) is 4.91 Å². The van der Waals surface area contributed by atoms with Crippen molar-refractivity contribution in [3.8, 4) is 0 Å². The van der Waals surface area contributed by atoms with Gasteiger partial charge in [0.15, 0.2) is 5.16 Å². The van der Waals surface area contributed by atoms with Crippen LogP contribution in [0.15, 0.2) is 40.9 Å². The zero-order valence-corrected chi connectivity index (χ0v) is 7.84. The molecule has 0 saturated carbocycles. The first-order chi connectivity index (χ1) is 6.34. The third-order valence-electron chi connectivity index (χ3n) is 2.19. The molecule has 2 aromatic rings. The van der Waals surface area contributed by atoms with E-state index in [1.807, 2.05) is 18.2 Å². The largest absolute Gasteiger partial charge is 0.314 e. The number of fused-ring (bicyclic) bond motifs is 3. The lowest BCUT2D eigenvalue weighted by Gasteiger charge is -1.95. The maximum Gasteiger partial charge on any atom is 0.173 e. The van der Waals surface area contributed by atoms with E-state index in [0.717, 1.165) is 17.2 Å². The normalized spacial score (nSPS) is 15.2. The van der Waals surface area contributed by atoms with E-state index in [0.29, 0.717) is 0 Å². The topological polar surface area (TPSA) is 17.8 Å². The molecule has 0 radical (unpaired) electrons. The quantitative estimate of drug-likeness (QED) is 0.632. The van der Waals surface area contributed by atoms with Crippen LogP contribution in [0.4, 0.5) is 0 Å². The summed E-state index contributed by atoms with van der Waals surface area (Å²) in [6.07, 6.45) is 0. The molecule has 0 spiro atoms. The first kappa shape index (κ1) is 7.21. The lowest BCUT2D eigenvalue weighted by Crippen LogP contribution is -1.90. The van der Waals surface area contributed by atoms with Crippen LogP contribution in [0.1, 0.15) is 0 Å². The molecule has 3 heteroatoms. The predicted molar refractivity (Wildman–Crippen MR) is 54.7 cm³/mol. The van der Waals surface area contributed by atoms with Crippen LogP contribution in [0, 0.1) is 0 Å². The molecule has 13 heavy (non-hydrogen) atoms. The van der Waals surface area contributed by atoms with Crippen molar-refractivity contribution in [2.24, 2.45) is 0 Å². The minimum atomic E-state index is 0.903. The molecule has 0 fully saturated rings. The van der Waals surface area contributed by atoms with Gasteiger partial charge in [-0.15, -0.1) is 0 Å². The number of benzene rings is 1. The fourth-order valence-electron chi connectivity index (χ4n) is 1.62. The fraction of sp³-hybridized carbons (Fsp3) is 0.100. The van der Waals surface area contributed by atoms with Crippen LogP contribution in [-0.2, 0) is 6.54 Å². The molecule has 0 bridgehead atoms. The van der Waals surface area contributed by atoms with Crippen molar-refractivity contribution in [1.82, 2.24) is 9.55 Å². The molecule has 0 unspecified atom stereocenters. The molecule has 0 aliphatic carbocycles. The third-order valence-corrected chi connectivity index (χ3v) is 3.10. The van der Waals surface area contributed by atoms with E-state index in [9.17, 15) is 0 Å². The second-order valence-corrected chi connectivity index (χ2v) is 4.26. The number of rotatable bonds is 0. The average Bonchev–Trinajstić information content (AvgIpc) is 2.60. The van der Waals surface area contributed by atoms with Crippen molar-refractivity contribution in [3.63, 3.8) is 0 Å². The zero-order valence-electron chi connectivity index (χ0n) is 7.03. The van der Waals surface area contributed by atoms with Gasteiger partial charge in [-0.1, -0.05) is 30.5 Å². The van der Waals surface area contributed by atoms with Crippen molar-refractivity contribution in [3.05, 3.63) is 35.7 Å². The van der Waals surface area contributed by atoms with E-state index >= 15 is 0 Å². The van der Waals surface area contributed by atoms with E-state index in [4.69, 9.17) is 0 Å². The smallest absolute Gasteiger partial charge is 0.173 e. The average molecular weight is 188 g/mol. The van der Waals surface area contributed by atoms with Crippen LogP contribution < -0.4 is 0 Å². The molecule has 1 aliphatic heterocycles. The molecule has 0 N–H and O–H groups in total. The Bertz CT molecular complexity index is 499. The van der Waals surface area contributed by atoms with Crippen molar-refractivity contribution in [1.29, 1.82) is 0 Å². The molecule has 1 aliphatic rings. The van der Waals surface area contributed by atoms with Crippen molar-refractivity contribution < 1.29 is 0 Å². The molecule has 2 heterocycles. The summed E-state index contributed by atoms with van der Waals surface area (Å²) < 4.78 is 2.21. The third kappa shape index (κ3) is 0.937. The van der Waals surface area contributed by atoms with Gasteiger partial charge < -0.3 is 4.57 Å². The molecule has 2 nitrogen and oxygen atoms in total. The molecule has 0 atom stereocenters. The van der Waals surface area contributed by atoms with E-state index in [1.54, 1.807) is 11.8 Å². The Morgan fingerprint density at radius 3 is 3.15 bits per heavy atom. The molecular formula is C10H8N2S. The number of thioether (sulfide) groups is 1. The van der Waals surface area contributed by atoms with Gasteiger partial charge in [-0.2, -0.15) is 0 Å². The van der Waals surface area contributed by atoms with E-state index in [2.05, 4.69) is 22.2 Å². The van der Waals surface area contributed by atoms with E-state index in [1.165, 1.54) is 10.4 Å². The summed E-state index contributed by atoms with van der Waals surface area (Å²) in [5.41, 5.74) is 2.29. The highest BCUT2D eigenvalue weighted by Crippen LogP contribution is 2.36. The Labute approximate surface area is 80.3 Å². The molecule has 0 amide bonds. The maximum atomic E-state index is 4.51. The first-order valence-corrected chi connectivity index (χ1v) is 4.97. The number of imidazole rings is 1. The molecule has 1 aromatic heterocycles. The van der Waals surface area contributed by atoms with Crippen LogP contribution in [0.25, 0.3) is 11.0 Å². The summed E-state index contributed by atoms with van der Waals surface area (Å²) in [7, 11) is 0. The van der Waals surface area contributed by atoms with Crippen LogP contribution in [0.3, 0.4) is 0 Å². The van der Waals surface area contributed by atoms with Crippen LogP contribution in [0.5, 0.6) is 0 Å². The summed E-state index contributed by atoms with van der Waals surface area (Å²) in [5, 5.41) is 1.08. The van der Waals surface area contributed by atoms with Crippen molar-refractivity contribution in [2.75, 3.05) is 0 Å². The number of para-hydroxylation sites is 2. The summed E-state index contributed by atoms with van der Waals surface area (Å²) in [5.74, 6) is 0. The van der Waals surface area contributed by atoms with Crippen molar-refractivity contribution in [2.45, 2.75) is 11.7 Å². The lowest BCUT2D eigenvalue weighted by atomic mass is 10.3. The second kappa shape index (κ2) is 2.39. The Kier molecular flexibility index (Phi) is 1.32. The predicted octanol–water partition coefficient (Wildman–Crippen LogP) is 2.66. The van der Waals surface area contributed by atoms with Gasteiger partial charge in [0.05, 0.1) is 17.6 Å². The maximum absolute atomic E-state index is 4.51. The van der Waals surface area contributed by atoms with E-state index in [-0.39, 0.29) is 0 Å². The van der Waals surface area contributed by atoms with Gasteiger partial charge >= 0.3 is 0 Å². The van der Waals surface area contributed by atoms with Crippen LogP contribution in [-0.4, -0.2) is 9.55 Å². The van der Waals surface area contributed by atoms with Crippen LogP contribution in [0.2, 0.25) is 0 Å². The first-order valence-electron chi connectivity index (χ1n) is 4.15. The SMILES string of the molecule is C=C1Cn2c(nc3ccccc32)S1. The van der Waals surface area contributed by atoms with Crippen LogP contribution >= 0.6 is 11.8 Å². The minimum Gasteiger partial charge on any atom is -0.314 e. The summed E-state index contributed by atoms with van der Waals surface area (Å²) >= 11 is 1.67. The fourth-order valence-corrected chi connectivity index (χ4v) is 2.49. The van der Waals surface area contributed by atoms with Gasteiger partial charge in [0.25, 0.3) is 0 Å². The second-order valence-electron chi connectivity index (χ2n) is 3.11. The number of hydrogen-bond donors (Lipinski definition) is 0. The Hall–Kier alpha value is -1.22. The highest BCUT2D eigenvalue weighted by Gasteiger charge is 2.18. The monoisotopic (exact) mass is 188 g/mol. The summed E-state index contributed by atoms with van der Waals surface area (Å²) in [4.78, 5) is 5.68. The molecular weight excluding hydrogens is 180 g/mol. The van der Waals surface area contributed by atoms with Crippen molar-refractivity contribution >= 4 is 22.8 Å². The van der Waals surface area contributed by atoms with Gasteiger partial charge in [0.1, 0.15) is 0 Å². The molecule has 64 valence electrons. The Balaban J connectivity index is 2.37. The summed E-state index contributed by atoms with van der Waals surface area (Å²) in [6, 6.07) is 8.21. The number of hydrogen-bond acceptors (Lipinski definition) is 2. The minimum absolute atomic E-state index is 0.903. The van der Waals surface area contributed by atoms with Gasteiger partial charge in [0.2, 0.25) is 0 Å². The highest BCUT2D eigenvalue weighted by molar-refractivity contribution is 8.03. The summed E-state index contributed by atoms with van der Waals surface area (Å²) in [6.45, 7) is 4.85. The lowest BCUT2D eigenvalue weighted by molar-refractivity contribution is 0.769. The van der Waals surface area contributed by atoms with Gasteiger partial charge in [-0.05, 0) is 12.1 Å². The van der Waals surface area contributed by atoms with Gasteiger partial charge in [-0.3, -0.25) is 0 Å². The molecule has 1 aromatic carbocycles. The number of allylic oxidation sites excluding steroid dienone is 1. The zero-order chi connectivity index (χ0) is 8.84. The number of nitrogens with zero attached hydrogens (tertiary/aromatic N) is 2. The Morgan fingerprint density at radius 2 is 2.23 bits per heavy atom. The highest BCUT2D eigenvalue weighted by atomic mass is 32.2.